The standard InChI is InChI=1S/C20H18N4O4/c1-13-17(4-3-5-19(13)24(26)27)20(25)21-11-15-10-18(23-12-22-15)14-6-8-16(28-2)9-7-14/h3-10,12H,11H2,1-2H3,(H,21,25). The van der Waals surface area contributed by atoms with E-state index in [4.69, 9.17) is 4.74 Å². The third kappa shape index (κ3) is 4.12. The van der Waals surface area contributed by atoms with E-state index in [9.17, 15) is 14.9 Å². The second kappa shape index (κ2) is 8.26. The highest BCUT2D eigenvalue weighted by molar-refractivity contribution is 5.96. The van der Waals surface area contributed by atoms with Crippen molar-refractivity contribution in [2.24, 2.45) is 0 Å². The maximum atomic E-state index is 12.4. The van der Waals surface area contributed by atoms with E-state index in [1.165, 1.54) is 18.5 Å². The molecular weight excluding hydrogens is 360 g/mol. The van der Waals surface area contributed by atoms with E-state index in [2.05, 4.69) is 15.3 Å². The summed E-state index contributed by atoms with van der Waals surface area (Å²) in [5.74, 6) is 0.350. The topological polar surface area (TPSA) is 107 Å². The second-order valence-corrected chi connectivity index (χ2v) is 6.01. The molecule has 1 amide bonds. The molecule has 1 N–H and O–H groups in total. The van der Waals surface area contributed by atoms with Crippen molar-refractivity contribution >= 4 is 11.6 Å². The molecular formula is C20H18N4O4. The number of methoxy groups -OCH3 is 1. The summed E-state index contributed by atoms with van der Waals surface area (Å²) < 4.78 is 5.15. The van der Waals surface area contributed by atoms with Crippen LogP contribution in [0.2, 0.25) is 0 Å². The number of aromatic nitrogens is 2. The maximum Gasteiger partial charge on any atom is 0.273 e. The van der Waals surface area contributed by atoms with Crippen LogP contribution in [0, 0.1) is 17.0 Å². The number of nitro benzene ring substituents is 1. The Labute approximate surface area is 161 Å². The molecule has 8 nitrogen and oxygen atoms in total. The van der Waals surface area contributed by atoms with E-state index in [-0.39, 0.29) is 17.8 Å². The SMILES string of the molecule is COc1ccc(-c2cc(CNC(=O)c3cccc([N+](=O)[O-])c3C)ncn2)cc1. The number of ether oxygens (including phenoxy) is 1. The number of nitro groups is 1. The van der Waals surface area contributed by atoms with Crippen LogP contribution in [0.3, 0.4) is 0 Å². The van der Waals surface area contributed by atoms with Crippen LogP contribution >= 0.6 is 0 Å². The number of nitrogens with zero attached hydrogens (tertiary/aromatic N) is 3. The summed E-state index contributed by atoms with van der Waals surface area (Å²) in [5, 5.41) is 13.8. The largest absolute Gasteiger partial charge is 0.497 e. The van der Waals surface area contributed by atoms with Crippen molar-refractivity contribution in [1.29, 1.82) is 0 Å². The average Bonchev–Trinajstić information content (AvgIpc) is 2.72. The zero-order valence-corrected chi connectivity index (χ0v) is 15.4. The summed E-state index contributed by atoms with van der Waals surface area (Å²) in [6.07, 6.45) is 1.43. The third-order valence-corrected chi connectivity index (χ3v) is 4.29. The zero-order valence-electron chi connectivity index (χ0n) is 15.4. The van der Waals surface area contributed by atoms with Gasteiger partial charge in [-0.1, -0.05) is 6.07 Å². The van der Waals surface area contributed by atoms with Gasteiger partial charge in [0, 0.05) is 22.8 Å². The van der Waals surface area contributed by atoms with E-state index in [0.29, 0.717) is 17.0 Å². The third-order valence-electron chi connectivity index (χ3n) is 4.29. The number of carbonyl (C=O) groups excluding carboxylic acids is 1. The van der Waals surface area contributed by atoms with Gasteiger partial charge in [0.25, 0.3) is 11.6 Å². The summed E-state index contributed by atoms with van der Waals surface area (Å²) in [6.45, 7) is 1.73. The van der Waals surface area contributed by atoms with Crippen molar-refractivity contribution in [3.05, 3.63) is 81.8 Å². The molecule has 3 aromatic rings. The van der Waals surface area contributed by atoms with Gasteiger partial charge in [0.2, 0.25) is 0 Å². The van der Waals surface area contributed by atoms with E-state index in [1.54, 1.807) is 26.2 Å². The van der Waals surface area contributed by atoms with Gasteiger partial charge in [0.15, 0.2) is 0 Å². The first-order chi connectivity index (χ1) is 13.5. The van der Waals surface area contributed by atoms with Crippen molar-refractivity contribution in [1.82, 2.24) is 15.3 Å². The lowest BCUT2D eigenvalue weighted by atomic mass is 10.1. The lowest BCUT2D eigenvalue weighted by Crippen LogP contribution is -2.24. The molecule has 142 valence electrons. The van der Waals surface area contributed by atoms with Gasteiger partial charge in [-0.15, -0.1) is 0 Å². The first kappa shape index (κ1) is 19.0. The number of rotatable bonds is 6. The van der Waals surface area contributed by atoms with Crippen LogP contribution < -0.4 is 10.1 Å². The predicted molar refractivity (Wildman–Crippen MR) is 103 cm³/mol. The maximum absolute atomic E-state index is 12.4. The molecule has 0 spiro atoms. The molecule has 0 radical (unpaired) electrons. The minimum absolute atomic E-state index is 0.0866. The normalized spacial score (nSPS) is 10.4. The lowest BCUT2D eigenvalue weighted by molar-refractivity contribution is -0.385. The van der Waals surface area contributed by atoms with Gasteiger partial charge in [0.05, 0.1) is 30.0 Å². The minimum atomic E-state index is -0.502. The Morgan fingerprint density at radius 1 is 1.18 bits per heavy atom. The van der Waals surface area contributed by atoms with Crippen LogP contribution in [0.25, 0.3) is 11.3 Å². The van der Waals surface area contributed by atoms with Crippen molar-refractivity contribution in [3.8, 4) is 17.0 Å². The van der Waals surface area contributed by atoms with Gasteiger partial charge in [-0.25, -0.2) is 9.97 Å². The summed E-state index contributed by atoms with van der Waals surface area (Å²) in [5.41, 5.74) is 2.73. The molecule has 28 heavy (non-hydrogen) atoms. The highest BCUT2D eigenvalue weighted by Gasteiger charge is 2.17. The number of hydrogen-bond acceptors (Lipinski definition) is 6. The Kier molecular flexibility index (Phi) is 5.59. The van der Waals surface area contributed by atoms with E-state index in [0.717, 1.165) is 11.3 Å². The van der Waals surface area contributed by atoms with Gasteiger partial charge in [-0.3, -0.25) is 14.9 Å². The van der Waals surface area contributed by atoms with Crippen LogP contribution in [-0.2, 0) is 6.54 Å². The number of hydrogen-bond donors (Lipinski definition) is 1. The second-order valence-electron chi connectivity index (χ2n) is 6.01. The quantitative estimate of drug-likeness (QED) is 0.521. The van der Waals surface area contributed by atoms with Crippen LogP contribution in [0.1, 0.15) is 21.6 Å². The fourth-order valence-electron chi connectivity index (χ4n) is 2.75. The van der Waals surface area contributed by atoms with Crippen molar-refractivity contribution in [3.63, 3.8) is 0 Å². The Morgan fingerprint density at radius 2 is 1.93 bits per heavy atom. The van der Waals surface area contributed by atoms with Gasteiger partial charge < -0.3 is 10.1 Å². The molecule has 0 aliphatic heterocycles. The Bertz CT molecular complexity index is 1020. The summed E-state index contributed by atoms with van der Waals surface area (Å²) in [7, 11) is 1.60. The zero-order chi connectivity index (χ0) is 20.1. The summed E-state index contributed by atoms with van der Waals surface area (Å²) in [4.78, 5) is 31.4. The Hall–Kier alpha value is -3.81. The molecule has 0 atom stereocenters. The van der Waals surface area contributed by atoms with E-state index >= 15 is 0 Å². The molecule has 8 heteroatoms. The van der Waals surface area contributed by atoms with E-state index < -0.39 is 10.8 Å². The van der Waals surface area contributed by atoms with Crippen molar-refractivity contribution in [2.75, 3.05) is 7.11 Å². The average molecular weight is 378 g/mol. The first-order valence-electron chi connectivity index (χ1n) is 8.47. The number of carbonyl (C=O) groups is 1. The van der Waals surface area contributed by atoms with Crippen LogP contribution in [0.15, 0.2) is 54.9 Å². The van der Waals surface area contributed by atoms with Crippen molar-refractivity contribution in [2.45, 2.75) is 13.5 Å². The lowest BCUT2D eigenvalue weighted by Gasteiger charge is -2.09. The van der Waals surface area contributed by atoms with Gasteiger partial charge in [-0.05, 0) is 43.3 Å². The fourth-order valence-corrected chi connectivity index (χ4v) is 2.75. The fraction of sp³-hybridized carbons (Fsp3) is 0.150. The summed E-state index contributed by atoms with van der Waals surface area (Å²) in [6, 6.07) is 13.6. The van der Waals surface area contributed by atoms with Crippen LogP contribution in [0.4, 0.5) is 5.69 Å². The van der Waals surface area contributed by atoms with Crippen LogP contribution in [-0.4, -0.2) is 27.9 Å². The molecule has 1 aromatic heterocycles. The molecule has 0 aliphatic rings. The highest BCUT2D eigenvalue weighted by Crippen LogP contribution is 2.22. The molecule has 0 fully saturated rings. The molecule has 1 heterocycles. The molecule has 0 unspecified atom stereocenters. The molecule has 0 aliphatic carbocycles. The number of amides is 1. The molecule has 0 saturated carbocycles. The van der Waals surface area contributed by atoms with Gasteiger partial charge in [-0.2, -0.15) is 0 Å². The smallest absolute Gasteiger partial charge is 0.273 e. The van der Waals surface area contributed by atoms with Crippen LogP contribution in [0.5, 0.6) is 5.75 Å². The highest BCUT2D eigenvalue weighted by atomic mass is 16.6. The van der Waals surface area contributed by atoms with Gasteiger partial charge in [0.1, 0.15) is 12.1 Å². The number of benzene rings is 2. The first-order valence-corrected chi connectivity index (χ1v) is 8.47. The predicted octanol–water partition coefficient (Wildman–Crippen LogP) is 3.30. The monoisotopic (exact) mass is 378 g/mol. The Morgan fingerprint density at radius 3 is 2.61 bits per heavy atom. The van der Waals surface area contributed by atoms with E-state index in [1.807, 2.05) is 24.3 Å². The molecule has 3 rings (SSSR count). The molecule has 0 saturated heterocycles. The molecule has 2 aromatic carbocycles. The van der Waals surface area contributed by atoms with Crippen molar-refractivity contribution < 1.29 is 14.5 Å². The summed E-state index contributed by atoms with van der Waals surface area (Å²) >= 11 is 0. The molecule has 0 bridgehead atoms. The number of nitrogens with one attached hydrogen (secondary N) is 1. The van der Waals surface area contributed by atoms with Gasteiger partial charge >= 0.3 is 0 Å². The minimum Gasteiger partial charge on any atom is -0.497 e. The Balaban J connectivity index is 1.74.